The molecule has 0 atom stereocenters. The third kappa shape index (κ3) is 4.60. The van der Waals surface area contributed by atoms with Crippen molar-refractivity contribution in [3.8, 4) is 11.5 Å². The molecule has 156 valence electrons. The lowest BCUT2D eigenvalue weighted by molar-refractivity contribution is 0.0749. The first-order valence-corrected chi connectivity index (χ1v) is 10.2. The van der Waals surface area contributed by atoms with Gasteiger partial charge in [-0.2, -0.15) is 0 Å². The Labute approximate surface area is 172 Å². The second-order valence-electron chi connectivity index (χ2n) is 7.20. The first-order valence-electron chi connectivity index (χ1n) is 10.2. The van der Waals surface area contributed by atoms with Crippen LogP contribution >= 0.6 is 0 Å². The molecule has 0 unspecified atom stereocenters. The van der Waals surface area contributed by atoms with Crippen molar-refractivity contribution in [2.45, 2.75) is 39.7 Å². The predicted octanol–water partition coefficient (Wildman–Crippen LogP) is 3.32. The maximum atomic E-state index is 12.7. The SMILES string of the molecule is CCCN(CCC)C(=O)c1cnc(N2CCc3cc(OC)c(OC)cc3C2)cn1. The monoisotopic (exact) mass is 398 g/mol. The van der Waals surface area contributed by atoms with E-state index >= 15 is 0 Å². The van der Waals surface area contributed by atoms with E-state index in [0.717, 1.165) is 62.8 Å². The summed E-state index contributed by atoms with van der Waals surface area (Å²) in [7, 11) is 3.30. The van der Waals surface area contributed by atoms with E-state index in [4.69, 9.17) is 9.47 Å². The van der Waals surface area contributed by atoms with E-state index in [1.807, 2.05) is 11.0 Å². The normalized spacial score (nSPS) is 13.0. The molecule has 0 radical (unpaired) electrons. The average molecular weight is 399 g/mol. The molecule has 1 aliphatic heterocycles. The van der Waals surface area contributed by atoms with Crippen molar-refractivity contribution in [1.82, 2.24) is 14.9 Å². The molecule has 0 saturated carbocycles. The van der Waals surface area contributed by atoms with Gasteiger partial charge in [-0.15, -0.1) is 0 Å². The molecule has 0 aliphatic carbocycles. The summed E-state index contributed by atoms with van der Waals surface area (Å²) in [5.41, 5.74) is 2.85. The molecule has 29 heavy (non-hydrogen) atoms. The number of methoxy groups -OCH3 is 2. The minimum atomic E-state index is -0.0476. The van der Waals surface area contributed by atoms with Crippen molar-refractivity contribution in [2.24, 2.45) is 0 Å². The van der Waals surface area contributed by atoms with Crippen LogP contribution in [0, 0.1) is 0 Å². The van der Waals surface area contributed by atoms with Gasteiger partial charge in [0.2, 0.25) is 0 Å². The van der Waals surface area contributed by atoms with Gasteiger partial charge in [0.1, 0.15) is 11.5 Å². The highest BCUT2D eigenvalue weighted by atomic mass is 16.5. The van der Waals surface area contributed by atoms with Gasteiger partial charge >= 0.3 is 0 Å². The molecule has 7 nitrogen and oxygen atoms in total. The summed E-state index contributed by atoms with van der Waals surface area (Å²) in [4.78, 5) is 25.7. The minimum Gasteiger partial charge on any atom is -0.493 e. The van der Waals surface area contributed by atoms with Crippen LogP contribution in [0.5, 0.6) is 11.5 Å². The van der Waals surface area contributed by atoms with Crippen LogP contribution in [0.1, 0.15) is 48.3 Å². The van der Waals surface area contributed by atoms with Crippen molar-refractivity contribution in [3.05, 3.63) is 41.3 Å². The zero-order valence-corrected chi connectivity index (χ0v) is 17.8. The molecule has 1 amide bonds. The zero-order valence-electron chi connectivity index (χ0n) is 17.8. The van der Waals surface area contributed by atoms with Gasteiger partial charge in [0.25, 0.3) is 5.91 Å². The van der Waals surface area contributed by atoms with Gasteiger partial charge in [-0.1, -0.05) is 13.8 Å². The Kier molecular flexibility index (Phi) is 6.90. The van der Waals surface area contributed by atoms with Crippen LogP contribution in [0.3, 0.4) is 0 Å². The van der Waals surface area contributed by atoms with E-state index in [9.17, 15) is 4.79 Å². The summed E-state index contributed by atoms with van der Waals surface area (Å²) in [5, 5.41) is 0. The summed E-state index contributed by atoms with van der Waals surface area (Å²) >= 11 is 0. The number of hydrogen-bond acceptors (Lipinski definition) is 6. The number of hydrogen-bond donors (Lipinski definition) is 0. The summed E-state index contributed by atoms with van der Waals surface area (Å²) in [6, 6.07) is 4.08. The first-order chi connectivity index (χ1) is 14.1. The lowest BCUT2D eigenvalue weighted by Gasteiger charge is -2.30. The van der Waals surface area contributed by atoms with E-state index < -0.39 is 0 Å². The quantitative estimate of drug-likeness (QED) is 0.680. The number of aromatic nitrogens is 2. The van der Waals surface area contributed by atoms with Gasteiger partial charge in [-0.3, -0.25) is 4.79 Å². The number of rotatable bonds is 8. The highest BCUT2D eigenvalue weighted by Crippen LogP contribution is 2.34. The van der Waals surface area contributed by atoms with Crippen molar-refractivity contribution < 1.29 is 14.3 Å². The number of carbonyl (C=O) groups is 1. The summed E-state index contributed by atoms with van der Waals surface area (Å²) in [5.74, 6) is 2.21. The number of benzene rings is 1. The topological polar surface area (TPSA) is 67.8 Å². The van der Waals surface area contributed by atoms with Crippen LogP contribution in [0.2, 0.25) is 0 Å². The fourth-order valence-corrected chi connectivity index (χ4v) is 3.69. The highest BCUT2D eigenvalue weighted by molar-refractivity contribution is 5.92. The smallest absolute Gasteiger partial charge is 0.274 e. The van der Waals surface area contributed by atoms with Crippen LogP contribution in [-0.2, 0) is 13.0 Å². The Morgan fingerprint density at radius 2 is 1.69 bits per heavy atom. The predicted molar refractivity (Wildman–Crippen MR) is 113 cm³/mol. The van der Waals surface area contributed by atoms with Gasteiger partial charge in [-0.05, 0) is 42.5 Å². The Morgan fingerprint density at radius 3 is 2.24 bits per heavy atom. The average Bonchev–Trinajstić information content (AvgIpc) is 2.77. The molecule has 0 bridgehead atoms. The van der Waals surface area contributed by atoms with Crippen molar-refractivity contribution in [2.75, 3.05) is 38.8 Å². The Hall–Kier alpha value is -2.83. The third-order valence-electron chi connectivity index (χ3n) is 5.17. The van der Waals surface area contributed by atoms with Crippen LogP contribution in [0.4, 0.5) is 5.82 Å². The van der Waals surface area contributed by atoms with Gasteiger partial charge in [0.05, 0.1) is 26.6 Å². The van der Waals surface area contributed by atoms with Gasteiger partial charge in [0, 0.05) is 26.2 Å². The maximum absolute atomic E-state index is 12.7. The van der Waals surface area contributed by atoms with E-state index in [1.54, 1.807) is 26.6 Å². The molecule has 2 aromatic rings. The second-order valence-corrected chi connectivity index (χ2v) is 7.20. The standard InChI is InChI=1S/C22H30N4O3/c1-5-8-25(9-6-2)22(27)18-13-24-21(14-23-18)26-10-7-16-11-19(28-3)20(29-4)12-17(16)15-26/h11-14H,5-10,15H2,1-4H3. The van der Waals surface area contributed by atoms with Crippen molar-refractivity contribution >= 4 is 11.7 Å². The van der Waals surface area contributed by atoms with Gasteiger partial charge in [0.15, 0.2) is 11.5 Å². The molecule has 7 heteroatoms. The van der Waals surface area contributed by atoms with Crippen LogP contribution in [0.15, 0.2) is 24.5 Å². The molecule has 0 N–H and O–H groups in total. The molecule has 0 saturated heterocycles. The van der Waals surface area contributed by atoms with E-state index in [1.165, 1.54) is 11.1 Å². The van der Waals surface area contributed by atoms with Crippen LogP contribution in [0.25, 0.3) is 0 Å². The number of anilines is 1. The molecule has 0 fully saturated rings. The Bertz CT molecular complexity index is 833. The number of amides is 1. The molecule has 1 aromatic carbocycles. The number of carbonyl (C=O) groups excluding carboxylic acids is 1. The Morgan fingerprint density at radius 1 is 1.03 bits per heavy atom. The maximum Gasteiger partial charge on any atom is 0.274 e. The summed E-state index contributed by atoms with van der Waals surface area (Å²) in [6.07, 6.45) is 6.05. The van der Waals surface area contributed by atoms with Crippen LogP contribution in [-0.4, -0.2) is 54.6 Å². The third-order valence-corrected chi connectivity index (χ3v) is 5.17. The molecular weight excluding hydrogens is 368 g/mol. The van der Waals surface area contributed by atoms with Crippen molar-refractivity contribution in [3.63, 3.8) is 0 Å². The number of fused-ring (bicyclic) bond motifs is 1. The fraction of sp³-hybridized carbons (Fsp3) is 0.500. The minimum absolute atomic E-state index is 0.0476. The van der Waals surface area contributed by atoms with E-state index in [-0.39, 0.29) is 5.91 Å². The first kappa shape index (κ1) is 20.9. The van der Waals surface area contributed by atoms with E-state index in [2.05, 4.69) is 34.8 Å². The molecule has 1 aliphatic rings. The lowest BCUT2D eigenvalue weighted by atomic mass is 9.99. The second kappa shape index (κ2) is 9.58. The van der Waals surface area contributed by atoms with Gasteiger partial charge in [-0.25, -0.2) is 9.97 Å². The lowest BCUT2D eigenvalue weighted by Crippen LogP contribution is -2.34. The highest BCUT2D eigenvalue weighted by Gasteiger charge is 2.22. The molecule has 1 aromatic heterocycles. The molecular formula is C22H30N4O3. The molecule has 3 rings (SSSR count). The van der Waals surface area contributed by atoms with Crippen molar-refractivity contribution in [1.29, 1.82) is 0 Å². The fourth-order valence-electron chi connectivity index (χ4n) is 3.69. The number of nitrogens with zero attached hydrogens (tertiary/aromatic N) is 4. The molecule has 2 heterocycles. The van der Waals surface area contributed by atoms with E-state index in [0.29, 0.717) is 5.69 Å². The zero-order chi connectivity index (χ0) is 20.8. The summed E-state index contributed by atoms with van der Waals surface area (Å²) in [6.45, 7) is 7.18. The summed E-state index contributed by atoms with van der Waals surface area (Å²) < 4.78 is 10.8. The largest absolute Gasteiger partial charge is 0.493 e. The van der Waals surface area contributed by atoms with Gasteiger partial charge < -0.3 is 19.3 Å². The van der Waals surface area contributed by atoms with Crippen LogP contribution < -0.4 is 14.4 Å². The Balaban J connectivity index is 1.75. The molecule has 0 spiro atoms. The number of ether oxygens (including phenoxy) is 2.